The van der Waals surface area contributed by atoms with Crippen molar-refractivity contribution in [3.63, 3.8) is 0 Å². The number of hydrogen-bond donors (Lipinski definition) is 3. The highest BCUT2D eigenvalue weighted by molar-refractivity contribution is 5.92. The van der Waals surface area contributed by atoms with Crippen LogP contribution in [0.15, 0.2) is 98.0 Å². The molecule has 3 heterocycles. The first-order valence-electron chi connectivity index (χ1n) is 13.9. The number of hydrogen-bond acceptors (Lipinski definition) is 4. The average molecular weight is 549 g/mol. The Morgan fingerprint density at radius 1 is 1.17 bits per heavy atom. The molecule has 4 aromatic rings. The lowest BCUT2D eigenvalue weighted by Gasteiger charge is -2.11. The molecular weight excluding hydrogens is 511 g/mol. The minimum absolute atomic E-state index is 0.323. The van der Waals surface area contributed by atoms with Crippen molar-refractivity contribution in [1.82, 2.24) is 30.5 Å². The number of halogens is 1. The Kier molecular flexibility index (Phi) is 9.30. The number of nitrogens with zero attached hydrogens (tertiary/aromatic N) is 3. The van der Waals surface area contributed by atoms with E-state index in [2.05, 4.69) is 45.2 Å². The Morgan fingerprint density at radius 2 is 1.93 bits per heavy atom. The van der Waals surface area contributed by atoms with E-state index in [1.165, 1.54) is 18.9 Å². The summed E-state index contributed by atoms with van der Waals surface area (Å²) in [7, 11) is 0. The molecule has 0 aliphatic heterocycles. The number of fused-ring (bicyclic) bond motifs is 1. The van der Waals surface area contributed by atoms with Crippen LogP contribution in [0, 0.1) is 18.7 Å². The molecule has 0 bridgehead atoms. The van der Waals surface area contributed by atoms with Crippen LogP contribution in [0.1, 0.15) is 56.1 Å². The first kappa shape index (κ1) is 29.2. The van der Waals surface area contributed by atoms with Crippen molar-refractivity contribution in [2.75, 3.05) is 0 Å². The summed E-state index contributed by atoms with van der Waals surface area (Å²) in [5.41, 5.74) is 7.61. The van der Waals surface area contributed by atoms with Gasteiger partial charge in [0.1, 0.15) is 11.5 Å². The van der Waals surface area contributed by atoms with Crippen LogP contribution in [0.3, 0.4) is 0 Å². The summed E-state index contributed by atoms with van der Waals surface area (Å²) in [5, 5.41) is 11.7. The number of nitrogens with one attached hydrogen (secondary N) is 3. The number of imidazole rings is 1. The van der Waals surface area contributed by atoms with Crippen molar-refractivity contribution in [2.24, 2.45) is 5.92 Å². The summed E-state index contributed by atoms with van der Waals surface area (Å²) in [6.07, 6.45) is 13.4. The molecule has 3 N–H and O–H groups in total. The molecule has 41 heavy (non-hydrogen) atoms. The van der Waals surface area contributed by atoms with Crippen molar-refractivity contribution in [3.05, 3.63) is 126 Å². The van der Waals surface area contributed by atoms with Gasteiger partial charge in [-0.2, -0.15) is 5.10 Å². The van der Waals surface area contributed by atoms with E-state index in [0.717, 1.165) is 33.6 Å². The molecule has 1 saturated carbocycles. The maximum atomic E-state index is 14.7. The zero-order chi connectivity index (χ0) is 29.5. The van der Waals surface area contributed by atoms with Crippen LogP contribution in [0.2, 0.25) is 0 Å². The van der Waals surface area contributed by atoms with Crippen molar-refractivity contribution in [3.8, 4) is 11.5 Å². The van der Waals surface area contributed by atoms with E-state index < -0.39 is 0 Å². The van der Waals surface area contributed by atoms with Crippen LogP contribution < -0.4 is 5.32 Å². The fourth-order valence-corrected chi connectivity index (χ4v) is 4.54. The summed E-state index contributed by atoms with van der Waals surface area (Å²) in [5.74, 6) is 0.800. The zero-order valence-corrected chi connectivity index (χ0v) is 24.2. The molecular formula is C34H37FN6. The highest BCUT2D eigenvalue weighted by atomic mass is 19.1. The van der Waals surface area contributed by atoms with Gasteiger partial charge in [0.05, 0.1) is 11.1 Å². The van der Waals surface area contributed by atoms with E-state index in [4.69, 9.17) is 4.98 Å². The largest absolute Gasteiger partial charge is 0.359 e. The first-order chi connectivity index (χ1) is 19.9. The number of aryl methyl sites for hydroxylation is 1. The van der Waals surface area contributed by atoms with E-state index in [1.807, 2.05) is 45.9 Å². The van der Waals surface area contributed by atoms with E-state index in [9.17, 15) is 4.39 Å². The van der Waals surface area contributed by atoms with Crippen molar-refractivity contribution in [1.29, 1.82) is 0 Å². The summed E-state index contributed by atoms with van der Waals surface area (Å²) in [4.78, 5) is 12.8. The molecule has 1 aliphatic rings. The average Bonchev–Trinajstić information content (AvgIpc) is 3.66. The van der Waals surface area contributed by atoms with E-state index >= 15 is 0 Å². The fraction of sp³-hybridized carbons (Fsp3) is 0.206. The van der Waals surface area contributed by atoms with Gasteiger partial charge in [-0.15, -0.1) is 0 Å². The van der Waals surface area contributed by atoms with Crippen LogP contribution in [-0.4, -0.2) is 25.1 Å². The zero-order valence-electron chi connectivity index (χ0n) is 24.2. The SMILES string of the molecule is C=C/C=C(/c1ccccc1F)c1nc(-c2[nH]nc3ncc(C(/C=C(\C=C)NC(=C)C4CC4)=C/C)cc23)[nH]c1C.CC. The van der Waals surface area contributed by atoms with Gasteiger partial charge in [-0.1, -0.05) is 70.0 Å². The monoisotopic (exact) mass is 548 g/mol. The lowest BCUT2D eigenvalue weighted by molar-refractivity contribution is 0.624. The molecule has 0 atom stereocenters. The van der Waals surface area contributed by atoms with Gasteiger partial charge in [0, 0.05) is 40.0 Å². The third-order valence-electron chi connectivity index (χ3n) is 6.79. The van der Waals surface area contributed by atoms with E-state index in [-0.39, 0.29) is 5.82 Å². The Morgan fingerprint density at radius 3 is 2.59 bits per heavy atom. The lowest BCUT2D eigenvalue weighted by Crippen LogP contribution is -2.11. The third kappa shape index (κ3) is 6.35. The molecule has 0 unspecified atom stereocenters. The van der Waals surface area contributed by atoms with Gasteiger partial charge in [0.15, 0.2) is 11.5 Å². The van der Waals surface area contributed by atoms with Gasteiger partial charge in [-0.05, 0) is 62.5 Å². The third-order valence-corrected chi connectivity index (χ3v) is 6.79. The molecule has 0 spiro atoms. The maximum Gasteiger partial charge on any atom is 0.181 e. The molecule has 5 rings (SSSR count). The Hall–Kier alpha value is -4.78. The first-order valence-corrected chi connectivity index (χ1v) is 13.9. The second kappa shape index (κ2) is 13.0. The van der Waals surface area contributed by atoms with Crippen molar-refractivity contribution >= 4 is 22.2 Å². The van der Waals surface area contributed by atoms with Crippen LogP contribution >= 0.6 is 0 Å². The number of rotatable bonds is 10. The molecule has 0 amide bonds. The molecule has 1 aromatic carbocycles. The maximum absolute atomic E-state index is 14.7. The van der Waals surface area contributed by atoms with E-state index in [1.54, 1.807) is 42.6 Å². The highest BCUT2D eigenvalue weighted by Gasteiger charge is 2.25. The molecule has 0 saturated heterocycles. The fourth-order valence-electron chi connectivity index (χ4n) is 4.54. The van der Waals surface area contributed by atoms with Crippen LogP contribution in [-0.2, 0) is 0 Å². The summed E-state index contributed by atoms with van der Waals surface area (Å²) in [6, 6.07) is 8.68. The quantitative estimate of drug-likeness (QED) is 0.174. The second-order valence-corrected chi connectivity index (χ2v) is 9.52. The standard InChI is InChI=1S/C32H31FN6.C2H6/c1-6-11-26(25-12-9-10-13-28(25)33)29-20(5)36-32(37-29)30-27-17-23(18-34-31(27)39-38-30)21(7-2)16-24(8-3)35-19(4)22-14-15-22;1-2/h6-13,16-18,22,35H,1,3-4,14-15H2,2,5H3,(H,36,37)(H,34,38,39);1-2H3/b21-7+,24-16+,26-11-;. The number of aromatic amines is 2. The number of pyridine rings is 1. The predicted molar refractivity (Wildman–Crippen MR) is 168 cm³/mol. The summed E-state index contributed by atoms with van der Waals surface area (Å²) in [6.45, 7) is 19.8. The van der Waals surface area contributed by atoms with Gasteiger partial charge in [-0.3, -0.25) is 5.10 Å². The number of benzene rings is 1. The van der Waals surface area contributed by atoms with Gasteiger partial charge in [0.2, 0.25) is 0 Å². The molecule has 1 aliphatic carbocycles. The normalized spacial score (nSPS) is 13.9. The van der Waals surface area contributed by atoms with Gasteiger partial charge in [-0.25, -0.2) is 14.4 Å². The highest BCUT2D eigenvalue weighted by Crippen LogP contribution is 2.35. The number of H-pyrrole nitrogens is 2. The molecule has 1 fully saturated rings. The molecule has 3 aromatic heterocycles. The number of allylic oxidation sites excluding steroid dienone is 7. The minimum atomic E-state index is -0.323. The lowest BCUT2D eigenvalue weighted by atomic mass is 10.0. The van der Waals surface area contributed by atoms with Crippen molar-refractivity contribution < 1.29 is 4.39 Å². The smallest absolute Gasteiger partial charge is 0.181 e. The predicted octanol–water partition coefficient (Wildman–Crippen LogP) is 8.43. The molecule has 0 radical (unpaired) electrons. The minimum Gasteiger partial charge on any atom is -0.359 e. The Balaban J connectivity index is 0.00000189. The summed E-state index contributed by atoms with van der Waals surface area (Å²) >= 11 is 0. The molecule has 210 valence electrons. The summed E-state index contributed by atoms with van der Waals surface area (Å²) < 4.78 is 14.7. The van der Waals surface area contributed by atoms with Gasteiger partial charge < -0.3 is 10.3 Å². The number of aromatic nitrogens is 5. The van der Waals surface area contributed by atoms with Crippen LogP contribution in [0.4, 0.5) is 4.39 Å². The Labute approximate surface area is 241 Å². The van der Waals surface area contributed by atoms with Crippen molar-refractivity contribution in [2.45, 2.75) is 40.5 Å². The van der Waals surface area contributed by atoms with Crippen LogP contribution in [0.5, 0.6) is 0 Å². The molecule has 6 nitrogen and oxygen atoms in total. The topological polar surface area (TPSA) is 82.3 Å². The Bertz CT molecular complexity index is 1680. The van der Waals surface area contributed by atoms with Crippen LogP contribution in [0.25, 0.3) is 33.7 Å². The van der Waals surface area contributed by atoms with E-state index in [0.29, 0.717) is 39.9 Å². The van der Waals surface area contributed by atoms with Gasteiger partial charge in [0.25, 0.3) is 0 Å². The van der Waals surface area contributed by atoms with Gasteiger partial charge >= 0.3 is 0 Å². The molecule has 7 heteroatoms. The second-order valence-electron chi connectivity index (χ2n) is 9.52.